The van der Waals surface area contributed by atoms with Crippen molar-refractivity contribution in [3.63, 3.8) is 0 Å². The molecule has 3 rings (SSSR count). The van der Waals surface area contributed by atoms with Gasteiger partial charge >= 0.3 is 5.97 Å². The third-order valence-electron chi connectivity index (χ3n) is 5.58. The molecule has 1 aliphatic heterocycles. The predicted octanol–water partition coefficient (Wildman–Crippen LogP) is 2.22. The Morgan fingerprint density at radius 1 is 1.42 bits per heavy atom. The molecular weight excluding hydrogens is 416 g/mol. The summed E-state index contributed by atoms with van der Waals surface area (Å²) in [6, 6.07) is 0. The van der Waals surface area contributed by atoms with Crippen LogP contribution in [-0.4, -0.2) is 49.5 Å². The van der Waals surface area contributed by atoms with Gasteiger partial charge in [-0.25, -0.2) is 13.8 Å². The highest BCUT2D eigenvalue weighted by Crippen LogP contribution is 2.48. The average molecular weight is 441 g/mol. The van der Waals surface area contributed by atoms with Crippen molar-refractivity contribution >= 4 is 29.0 Å². The topological polar surface area (TPSA) is 128 Å². The van der Waals surface area contributed by atoms with E-state index < -0.39 is 41.8 Å². The van der Waals surface area contributed by atoms with Crippen LogP contribution in [0.5, 0.6) is 0 Å². The highest BCUT2D eigenvalue weighted by Gasteiger charge is 2.59. The number of anilines is 1. The molecule has 1 saturated heterocycles. The van der Waals surface area contributed by atoms with Crippen molar-refractivity contribution in [3.8, 4) is 0 Å². The largest absolute Gasteiger partial charge is 0.457 e. The van der Waals surface area contributed by atoms with E-state index in [1.807, 2.05) is 0 Å². The summed E-state index contributed by atoms with van der Waals surface area (Å²) in [7, 11) is 0. The molecule has 3 heterocycles. The number of amides is 1. The summed E-state index contributed by atoms with van der Waals surface area (Å²) in [6.07, 6.45) is -3.93. The molecule has 2 N–H and O–H groups in total. The molecule has 2 aromatic rings. The van der Waals surface area contributed by atoms with Crippen LogP contribution in [0.2, 0.25) is 0 Å². The molecule has 1 amide bonds. The Bertz CT molecular complexity index is 1050. The van der Waals surface area contributed by atoms with Crippen LogP contribution in [0.4, 0.5) is 14.7 Å². The van der Waals surface area contributed by atoms with E-state index in [0.29, 0.717) is 0 Å². The molecule has 12 heteroatoms. The summed E-state index contributed by atoms with van der Waals surface area (Å²) in [4.78, 5) is 46.8. The van der Waals surface area contributed by atoms with Crippen LogP contribution >= 0.6 is 0 Å². The lowest BCUT2D eigenvalue weighted by Gasteiger charge is -2.30. The highest BCUT2D eigenvalue weighted by molar-refractivity contribution is 5.91. The van der Waals surface area contributed by atoms with Gasteiger partial charge in [0.25, 0.3) is 12.0 Å². The number of carbonyl (C=O) groups excluding carboxylic acids is 2. The number of ether oxygens (including phenoxy) is 2. The van der Waals surface area contributed by atoms with E-state index in [2.05, 4.69) is 20.3 Å². The Morgan fingerprint density at radius 3 is 2.65 bits per heavy atom. The smallest absolute Gasteiger partial charge is 0.303 e. The third kappa shape index (κ3) is 3.91. The van der Waals surface area contributed by atoms with Crippen molar-refractivity contribution in [3.05, 3.63) is 16.7 Å². The van der Waals surface area contributed by atoms with Crippen molar-refractivity contribution in [2.75, 3.05) is 5.32 Å². The molecule has 1 aliphatic rings. The first-order valence-corrected chi connectivity index (χ1v) is 9.92. The Kier molecular flexibility index (Phi) is 6.12. The minimum atomic E-state index is -2.84. The van der Waals surface area contributed by atoms with Crippen molar-refractivity contribution in [2.45, 2.75) is 65.4 Å². The van der Waals surface area contributed by atoms with E-state index in [9.17, 15) is 23.2 Å². The summed E-state index contributed by atoms with van der Waals surface area (Å²) in [5.74, 6) is -2.38. The molecule has 0 saturated carbocycles. The van der Waals surface area contributed by atoms with Crippen LogP contribution in [0, 0.1) is 11.8 Å². The van der Waals surface area contributed by atoms with Gasteiger partial charge in [-0.05, 0) is 6.42 Å². The molecule has 0 radical (unpaired) electrons. The van der Waals surface area contributed by atoms with Gasteiger partial charge in [-0.3, -0.25) is 29.3 Å². The Labute approximate surface area is 176 Å². The number of halogens is 2. The van der Waals surface area contributed by atoms with Crippen LogP contribution < -0.4 is 10.9 Å². The lowest BCUT2D eigenvalue weighted by Crippen LogP contribution is -2.43. The Morgan fingerprint density at radius 2 is 2.10 bits per heavy atom. The molecule has 0 spiro atoms. The van der Waals surface area contributed by atoms with E-state index in [1.54, 1.807) is 20.8 Å². The summed E-state index contributed by atoms with van der Waals surface area (Å²) >= 11 is 0. The van der Waals surface area contributed by atoms with Gasteiger partial charge in [-0.2, -0.15) is 4.98 Å². The molecular formula is C19H25F2N5O5. The van der Waals surface area contributed by atoms with Gasteiger partial charge in [0.1, 0.15) is 5.60 Å². The molecule has 1 fully saturated rings. The summed E-state index contributed by atoms with van der Waals surface area (Å²) < 4.78 is 40.5. The molecule has 2 aromatic heterocycles. The first-order chi connectivity index (χ1) is 14.5. The van der Waals surface area contributed by atoms with Crippen LogP contribution in [0.15, 0.2) is 11.1 Å². The van der Waals surface area contributed by atoms with Gasteiger partial charge in [0, 0.05) is 18.8 Å². The van der Waals surface area contributed by atoms with Gasteiger partial charge in [0.2, 0.25) is 11.9 Å². The fourth-order valence-electron chi connectivity index (χ4n) is 3.73. The summed E-state index contributed by atoms with van der Waals surface area (Å²) in [5.41, 5.74) is -2.57. The quantitative estimate of drug-likeness (QED) is 0.658. The van der Waals surface area contributed by atoms with E-state index in [-0.39, 0.29) is 35.4 Å². The molecule has 0 aliphatic carbocycles. The molecule has 31 heavy (non-hydrogen) atoms. The maximum atomic E-state index is 14.0. The first-order valence-electron chi connectivity index (χ1n) is 9.92. The zero-order chi connectivity index (χ0) is 23.1. The zero-order valence-corrected chi connectivity index (χ0v) is 17.8. The van der Waals surface area contributed by atoms with E-state index in [4.69, 9.17) is 9.47 Å². The van der Waals surface area contributed by atoms with Crippen LogP contribution in [0.25, 0.3) is 11.2 Å². The standard InChI is InChI=1S/C19H25F2N5O5/c1-6-19(17(20)21)9(4)12(30-10(5)27)16(31-19)26-7-22-11-13(26)23-18(25-15(11)29)24-14(28)8(2)3/h7-9,12,16-17H,6H2,1-5H3,(H2,23,24,25,28,29)/t9-,12+,16+,19+/m0/s1. The number of hydrogen-bond donors (Lipinski definition) is 2. The maximum Gasteiger partial charge on any atom is 0.303 e. The number of carbonyl (C=O) groups is 2. The number of nitrogens with zero attached hydrogens (tertiary/aromatic N) is 3. The van der Waals surface area contributed by atoms with Crippen LogP contribution in [0.1, 0.15) is 47.3 Å². The number of esters is 1. The second-order valence-electron chi connectivity index (χ2n) is 7.86. The molecule has 0 unspecified atom stereocenters. The van der Waals surface area contributed by atoms with Gasteiger partial charge < -0.3 is 9.47 Å². The number of H-pyrrole nitrogens is 1. The number of fused-ring (bicyclic) bond motifs is 1. The number of nitrogens with one attached hydrogen (secondary N) is 2. The molecule has 0 bridgehead atoms. The van der Waals surface area contributed by atoms with Gasteiger partial charge in [0.05, 0.1) is 6.33 Å². The monoisotopic (exact) mass is 441 g/mol. The second-order valence-corrected chi connectivity index (χ2v) is 7.86. The molecule has 4 atom stereocenters. The lowest BCUT2D eigenvalue weighted by atomic mass is 9.85. The fraction of sp³-hybridized carbons (Fsp3) is 0.632. The number of aromatic nitrogens is 4. The average Bonchev–Trinajstić information content (AvgIpc) is 3.22. The molecule has 170 valence electrons. The second kappa shape index (κ2) is 8.33. The first kappa shape index (κ1) is 22.8. The van der Waals surface area contributed by atoms with Crippen molar-refractivity contribution in [1.29, 1.82) is 0 Å². The van der Waals surface area contributed by atoms with Gasteiger partial charge in [-0.1, -0.05) is 27.7 Å². The fourth-order valence-corrected chi connectivity index (χ4v) is 3.73. The van der Waals surface area contributed by atoms with E-state index in [0.717, 1.165) is 0 Å². The maximum absolute atomic E-state index is 14.0. The number of imidazole rings is 1. The lowest BCUT2D eigenvalue weighted by molar-refractivity contribution is -0.167. The molecule has 0 aromatic carbocycles. The highest BCUT2D eigenvalue weighted by atomic mass is 19.3. The SMILES string of the molecule is CC[C@@]1(C(F)F)O[C@@H](n2cnc3c(=O)[nH]c(NC(=O)C(C)C)nc32)[C@H](OC(C)=O)[C@@H]1C. The van der Waals surface area contributed by atoms with Crippen LogP contribution in [-0.2, 0) is 19.1 Å². The minimum Gasteiger partial charge on any atom is -0.457 e. The van der Waals surface area contributed by atoms with Gasteiger partial charge in [-0.15, -0.1) is 0 Å². The van der Waals surface area contributed by atoms with E-state index in [1.165, 1.54) is 24.7 Å². The Hall–Kier alpha value is -2.89. The number of aromatic amines is 1. The van der Waals surface area contributed by atoms with Crippen molar-refractivity contribution in [2.24, 2.45) is 11.8 Å². The van der Waals surface area contributed by atoms with Crippen molar-refractivity contribution in [1.82, 2.24) is 19.5 Å². The number of hydrogen-bond acceptors (Lipinski definition) is 7. The summed E-state index contributed by atoms with van der Waals surface area (Å²) in [6.45, 7) is 7.60. The Balaban J connectivity index is 2.11. The zero-order valence-electron chi connectivity index (χ0n) is 17.8. The number of alkyl halides is 2. The van der Waals surface area contributed by atoms with Crippen LogP contribution in [0.3, 0.4) is 0 Å². The number of rotatable bonds is 6. The third-order valence-corrected chi connectivity index (χ3v) is 5.58. The summed E-state index contributed by atoms with van der Waals surface area (Å²) in [5, 5.41) is 2.49. The predicted molar refractivity (Wildman–Crippen MR) is 105 cm³/mol. The normalized spacial score (nSPS) is 26.0. The van der Waals surface area contributed by atoms with Crippen molar-refractivity contribution < 1.29 is 27.8 Å². The molecule has 10 nitrogen and oxygen atoms in total. The van der Waals surface area contributed by atoms with Gasteiger partial charge in [0.15, 0.2) is 23.5 Å². The minimum absolute atomic E-state index is 0.00155. The van der Waals surface area contributed by atoms with E-state index >= 15 is 0 Å².